The lowest BCUT2D eigenvalue weighted by Gasteiger charge is -2.12. The smallest absolute Gasteiger partial charge is 0.410 e. The molecule has 0 fully saturated rings. The van der Waals surface area contributed by atoms with Crippen LogP contribution in [-0.4, -0.2) is 33.3 Å². The van der Waals surface area contributed by atoms with Crippen LogP contribution in [0.1, 0.15) is 32.3 Å². The lowest BCUT2D eigenvalue weighted by Crippen LogP contribution is -2.21. The molecule has 0 spiro atoms. The van der Waals surface area contributed by atoms with Gasteiger partial charge in [-0.2, -0.15) is 0 Å². The number of carbonyl (C=O) groups is 1. The Bertz CT molecular complexity index is 912. The van der Waals surface area contributed by atoms with Crippen LogP contribution in [0.3, 0.4) is 0 Å². The van der Waals surface area contributed by atoms with Crippen molar-refractivity contribution < 1.29 is 9.53 Å². The molecule has 0 unspecified atom stereocenters. The number of ether oxygens (including phenoxy) is 1. The third kappa shape index (κ3) is 5.08. The third-order valence-electron chi connectivity index (χ3n) is 3.59. The standard InChI is InChI=1S/C18H21N5O2S2/c1-18(2,3)15-21-16(23-22-15)27-10-12-9-26-14(20-12)11-5-7-13(8-6-11)25-17(24)19-4/h5-9H,10H2,1-4H3,(H,19,24)(H,21,22,23). The van der Waals surface area contributed by atoms with Gasteiger partial charge in [0.1, 0.15) is 16.6 Å². The number of aromatic nitrogens is 4. The second kappa shape index (κ2) is 8.10. The molecule has 0 atom stereocenters. The number of nitrogens with one attached hydrogen (secondary N) is 2. The number of rotatable bonds is 5. The SMILES string of the molecule is CNC(=O)Oc1ccc(-c2nc(CSc3n[nH]c(C(C)(C)C)n3)cs2)cc1. The summed E-state index contributed by atoms with van der Waals surface area (Å²) in [6, 6.07) is 7.28. The van der Waals surface area contributed by atoms with E-state index in [9.17, 15) is 4.79 Å². The molecule has 0 aliphatic carbocycles. The first-order valence-electron chi connectivity index (χ1n) is 8.35. The van der Waals surface area contributed by atoms with Crippen LogP contribution in [0, 0.1) is 0 Å². The molecule has 7 nitrogen and oxygen atoms in total. The first-order valence-corrected chi connectivity index (χ1v) is 10.2. The molecule has 0 aliphatic heterocycles. The summed E-state index contributed by atoms with van der Waals surface area (Å²) in [6.07, 6.45) is -0.488. The van der Waals surface area contributed by atoms with Gasteiger partial charge in [-0.1, -0.05) is 32.5 Å². The number of carbonyl (C=O) groups excluding carboxylic acids is 1. The van der Waals surface area contributed by atoms with Crippen LogP contribution in [0.25, 0.3) is 10.6 Å². The summed E-state index contributed by atoms with van der Waals surface area (Å²) in [6.45, 7) is 6.29. The minimum absolute atomic E-state index is 0.0483. The van der Waals surface area contributed by atoms with Crippen molar-refractivity contribution in [3.63, 3.8) is 0 Å². The zero-order chi connectivity index (χ0) is 19.4. The average Bonchev–Trinajstić information content (AvgIpc) is 3.29. The van der Waals surface area contributed by atoms with E-state index in [0.29, 0.717) is 11.5 Å². The summed E-state index contributed by atoms with van der Waals surface area (Å²) in [5, 5.41) is 13.4. The molecule has 2 aromatic heterocycles. The number of aromatic amines is 1. The maximum absolute atomic E-state index is 11.2. The monoisotopic (exact) mass is 403 g/mol. The predicted octanol–water partition coefficient (Wildman–Crippen LogP) is 4.24. The molecular formula is C18H21N5O2S2. The molecule has 0 radical (unpaired) electrons. The fourth-order valence-corrected chi connectivity index (χ4v) is 3.74. The summed E-state index contributed by atoms with van der Waals surface area (Å²) in [5.41, 5.74) is 1.91. The van der Waals surface area contributed by atoms with Gasteiger partial charge >= 0.3 is 6.09 Å². The highest BCUT2D eigenvalue weighted by Crippen LogP contribution is 2.29. The van der Waals surface area contributed by atoms with Gasteiger partial charge in [-0.05, 0) is 24.3 Å². The Morgan fingerprint density at radius 1 is 1.26 bits per heavy atom. The molecule has 0 aliphatic rings. The Balaban J connectivity index is 1.61. The first kappa shape index (κ1) is 19.4. The molecule has 3 aromatic rings. The van der Waals surface area contributed by atoms with E-state index in [4.69, 9.17) is 4.74 Å². The normalized spacial score (nSPS) is 11.4. The van der Waals surface area contributed by atoms with Crippen molar-refractivity contribution >= 4 is 29.2 Å². The van der Waals surface area contributed by atoms with E-state index < -0.39 is 6.09 Å². The van der Waals surface area contributed by atoms with Crippen molar-refractivity contribution in [1.82, 2.24) is 25.5 Å². The van der Waals surface area contributed by atoms with Crippen LogP contribution >= 0.6 is 23.1 Å². The summed E-state index contributed by atoms with van der Waals surface area (Å²) < 4.78 is 5.09. The number of thiazole rings is 1. The highest BCUT2D eigenvalue weighted by molar-refractivity contribution is 7.98. The Hall–Kier alpha value is -2.39. The van der Waals surface area contributed by atoms with Gasteiger partial charge in [0.15, 0.2) is 0 Å². The zero-order valence-electron chi connectivity index (χ0n) is 15.6. The molecule has 142 valence electrons. The number of hydrogen-bond acceptors (Lipinski definition) is 7. The molecule has 1 amide bonds. The minimum atomic E-state index is -0.488. The minimum Gasteiger partial charge on any atom is -0.410 e. The van der Waals surface area contributed by atoms with Crippen molar-refractivity contribution in [2.24, 2.45) is 0 Å². The van der Waals surface area contributed by atoms with Gasteiger partial charge in [0.2, 0.25) is 5.16 Å². The molecule has 0 saturated carbocycles. The van der Waals surface area contributed by atoms with E-state index in [2.05, 4.69) is 46.3 Å². The van der Waals surface area contributed by atoms with Crippen molar-refractivity contribution in [2.75, 3.05) is 7.05 Å². The topological polar surface area (TPSA) is 92.8 Å². The number of H-pyrrole nitrogens is 1. The maximum atomic E-state index is 11.2. The number of amides is 1. The molecule has 3 rings (SSSR count). The summed E-state index contributed by atoms with van der Waals surface area (Å²) >= 11 is 3.14. The van der Waals surface area contributed by atoms with E-state index in [1.165, 1.54) is 7.05 Å². The zero-order valence-corrected chi connectivity index (χ0v) is 17.2. The van der Waals surface area contributed by atoms with Crippen molar-refractivity contribution in [2.45, 2.75) is 37.1 Å². The van der Waals surface area contributed by atoms with Gasteiger partial charge in [-0.15, -0.1) is 16.4 Å². The Morgan fingerprint density at radius 3 is 2.63 bits per heavy atom. The van der Waals surface area contributed by atoms with E-state index >= 15 is 0 Å². The predicted molar refractivity (Wildman–Crippen MR) is 107 cm³/mol. The largest absolute Gasteiger partial charge is 0.412 e. The van der Waals surface area contributed by atoms with E-state index in [-0.39, 0.29) is 5.41 Å². The van der Waals surface area contributed by atoms with Crippen LogP contribution in [0.5, 0.6) is 5.75 Å². The lowest BCUT2D eigenvalue weighted by atomic mass is 9.96. The number of hydrogen-bond donors (Lipinski definition) is 2. The van der Waals surface area contributed by atoms with Crippen molar-refractivity contribution in [1.29, 1.82) is 0 Å². The molecule has 2 heterocycles. The van der Waals surface area contributed by atoms with Crippen LogP contribution in [0.2, 0.25) is 0 Å². The van der Waals surface area contributed by atoms with Crippen LogP contribution < -0.4 is 10.1 Å². The third-order valence-corrected chi connectivity index (χ3v) is 5.41. The van der Waals surface area contributed by atoms with Gasteiger partial charge in [-0.25, -0.2) is 14.8 Å². The van der Waals surface area contributed by atoms with E-state index in [1.54, 1.807) is 35.2 Å². The van der Waals surface area contributed by atoms with Crippen molar-refractivity contribution in [3.05, 3.63) is 41.2 Å². The number of nitrogens with zero attached hydrogens (tertiary/aromatic N) is 3. The molecule has 9 heteroatoms. The van der Waals surface area contributed by atoms with E-state index in [1.807, 2.05) is 17.5 Å². The summed E-state index contributed by atoms with van der Waals surface area (Å²) in [4.78, 5) is 20.4. The van der Waals surface area contributed by atoms with Crippen LogP contribution in [0.15, 0.2) is 34.8 Å². The molecule has 0 saturated heterocycles. The number of thioether (sulfide) groups is 1. The lowest BCUT2D eigenvalue weighted by molar-refractivity contribution is 0.203. The fraction of sp³-hybridized carbons (Fsp3) is 0.333. The molecular weight excluding hydrogens is 382 g/mol. The Morgan fingerprint density at radius 2 is 2.00 bits per heavy atom. The van der Waals surface area contributed by atoms with Gasteiger partial charge in [0.25, 0.3) is 0 Å². The van der Waals surface area contributed by atoms with Crippen molar-refractivity contribution in [3.8, 4) is 16.3 Å². The average molecular weight is 404 g/mol. The fourth-order valence-electron chi connectivity index (χ4n) is 2.11. The molecule has 0 bridgehead atoms. The van der Waals surface area contributed by atoms with Crippen LogP contribution in [-0.2, 0) is 11.2 Å². The first-order chi connectivity index (χ1) is 12.8. The highest BCUT2D eigenvalue weighted by atomic mass is 32.2. The molecule has 1 aromatic carbocycles. The summed E-state index contributed by atoms with van der Waals surface area (Å²) in [7, 11) is 1.52. The van der Waals surface area contributed by atoms with Gasteiger partial charge < -0.3 is 10.1 Å². The molecule has 2 N–H and O–H groups in total. The maximum Gasteiger partial charge on any atom is 0.412 e. The highest BCUT2D eigenvalue weighted by Gasteiger charge is 2.19. The Labute approximate surface area is 166 Å². The van der Waals surface area contributed by atoms with Gasteiger partial charge in [0, 0.05) is 29.2 Å². The molecule has 27 heavy (non-hydrogen) atoms. The van der Waals surface area contributed by atoms with E-state index in [0.717, 1.165) is 27.2 Å². The second-order valence-electron chi connectivity index (χ2n) is 6.81. The van der Waals surface area contributed by atoms with Gasteiger partial charge in [0.05, 0.1) is 5.69 Å². The van der Waals surface area contributed by atoms with Gasteiger partial charge in [-0.3, -0.25) is 5.10 Å². The Kier molecular flexibility index (Phi) is 5.81. The quantitative estimate of drug-likeness (QED) is 0.619. The second-order valence-corrected chi connectivity index (χ2v) is 8.61. The summed E-state index contributed by atoms with van der Waals surface area (Å²) in [5.74, 6) is 2.07. The van der Waals surface area contributed by atoms with Crippen LogP contribution in [0.4, 0.5) is 4.79 Å². The number of benzene rings is 1.